The predicted molar refractivity (Wildman–Crippen MR) is 78.1 cm³/mol. The number of benzene rings is 2. The Morgan fingerprint density at radius 3 is 2.45 bits per heavy atom. The molecular weight excluding hydrogens is 252 g/mol. The number of hydrogen-bond acceptors (Lipinski definition) is 3. The molecule has 2 aromatic rings. The number of carbonyl (C=O) groups is 1. The van der Waals surface area contributed by atoms with Crippen LogP contribution < -0.4 is 0 Å². The fourth-order valence-electron chi connectivity index (χ4n) is 1.98. The first-order valence-corrected chi connectivity index (χ1v) is 6.34. The third-order valence-electron chi connectivity index (χ3n) is 3.07. The van der Waals surface area contributed by atoms with Gasteiger partial charge in [0.2, 0.25) is 0 Å². The van der Waals surface area contributed by atoms with Crippen LogP contribution in [0.4, 0.5) is 0 Å². The summed E-state index contributed by atoms with van der Waals surface area (Å²) in [4.78, 5) is 12.2. The summed E-state index contributed by atoms with van der Waals surface area (Å²) in [6, 6.07) is 11.4. The number of carbonyl (C=O) groups excluding carboxylic acids is 1. The van der Waals surface area contributed by atoms with Crippen molar-refractivity contribution < 1.29 is 15.0 Å². The van der Waals surface area contributed by atoms with Gasteiger partial charge in [-0.25, -0.2) is 0 Å². The third kappa shape index (κ3) is 3.26. The fraction of sp³-hybridized carbons (Fsp3) is 0.118. The maximum absolute atomic E-state index is 12.2. The average Bonchev–Trinajstić information content (AvgIpc) is 2.44. The van der Waals surface area contributed by atoms with Crippen LogP contribution in [0.3, 0.4) is 0 Å². The van der Waals surface area contributed by atoms with E-state index in [0.29, 0.717) is 17.5 Å². The van der Waals surface area contributed by atoms with Gasteiger partial charge in [0.15, 0.2) is 5.78 Å². The number of ketones is 1. The lowest BCUT2D eigenvalue weighted by Gasteiger charge is -2.06. The van der Waals surface area contributed by atoms with E-state index in [2.05, 4.69) is 6.58 Å². The summed E-state index contributed by atoms with van der Waals surface area (Å²) in [5.41, 5.74) is 2.09. The van der Waals surface area contributed by atoms with Gasteiger partial charge in [-0.1, -0.05) is 18.2 Å². The summed E-state index contributed by atoms with van der Waals surface area (Å²) in [5, 5.41) is 18.9. The average molecular weight is 268 g/mol. The Balaban J connectivity index is 2.18. The zero-order valence-electron chi connectivity index (χ0n) is 11.0. The summed E-state index contributed by atoms with van der Waals surface area (Å²) < 4.78 is 0. The van der Waals surface area contributed by atoms with E-state index in [1.807, 2.05) is 0 Å². The summed E-state index contributed by atoms with van der Waals surface area (Å²) in [6.07, 6.45) is 2.47. The highest BCUT2D eigenvalue weighted by Crippen LogP contribution is 2.21. The van der Waals surface area contributed by atoms with Crippen molar-refractivity contribution in [3.05, 3.63) is 71.8 Å². The molecule has 0 aliphatic carbocycles. The molecule has 0 radical (unpaired) electrons. The van der Waals surface area contributed by atoms with Gasteiger partial charge in [-0.2, -0.15) is 0 Å². The first kappa shape index (κ1) is 13.9. The molecule has 3 heteroatoms. The van der Waals surface area contributed by atoms with Crippen LogP contribution in [-0.2, 0) is 12.8 Å². The summed E-state index contributed by atoms with van der Waals surface area (Å²) in [5.74, 6) is 0.325. The van der Waals surface area contributed by atoms with Crippen LogP contribution in [0.25, 0.3) is 0 Å². The fourth-order valence-corrected chi connectivity index (χ4v) is 1.98. The van der Waals surface area contributed by atoms with E-state index in [-0.39, 0.29) is 23.7 Å². The van der Waals surface area contributed by atoms with Crippen molar-refractivity contribution in [3.63, 3.8) is 0 Å². The lowest BCUT2D eigenvalue weighted by atomic mass is 9.99. The molecule has 0 bridgehead atoms. The molecule has 2 N–H and O–H groups in total. The van der Waals surface area contributed by atoms with Gasteiger partial charge in [0, 0.05) is 12.0 Å². The standard InChI is InChI=1S/C17H16O3/c1-2-3-13-11-14(6-9-16(13)19)17(20)10-12-4-7-15(18)8-5-12/h2,4-9,11,18-19H,1,3,10H2. The Hall–Kier alpha value is -2.55. The number of aromatic hydroxyl groups is 2. The minimum absolute atomic E-state index is 0.0268. The Labute approximate surface area is 117 Å². The normalized spacial score (nSPS) is 10.2. The molecular formula is C17H16O3. The first-order chi connectivity index (χ1) is 9.60. The smallest absolute Gasteiger partial charge is 0.167 e. The minimum atomic E-state index is -0.0268. The van der Waals surface area contributed by atoms with Crippen molar-refractivity contribution in [1.82, 2.24) is 0 Å². The second-order valence-electron chi connectivity index (χ2n) is 4.60. The molecule has 20 heavy (non-hydrogen) atoms. The molecule has 0 amide bonds. The van der Waals surface area contributed by atoms with Crippen molar-refractivity contribution >= 4 is 5.78 Å². The number of hydrogen-bond donors (Lipinski definition) is 2. The van der Waals surface area contributed by atoms with E-state index in [9.17, 15) is 15.0 Å². The molecule has 0 atom stereocenters. The maximum atomic E-state index is 12.2. The summed E-state index contributed by atoms with van der Waals surface area (Å²) in [6.45, 7) is 3.63. The lowest BCUT2D eigenvalue weighted by molar-refractivity contribution is 0.0993. The van der Waals surface area contributed by atoms with Gasteiger partial charge in [0.1, 0.15) is 11.5 Å². The maximum Gasteiger partial charge on any atom is 0.167 e. The van der Waals surface area contributed by atoms with Crippen molar-refractivity contribution in [3.8, 4) is 11.5 Å². The Morgan fingerprint density at radius 2 is 1.80 bits per heavy atom. The van der Waals surface area contributed by atoms with Crippen molar-refractivity contribution in [1.29, 1.82) is 0 Å². The Morgan fingerprint density at radius 1 is 1.10 bits per heavy atom. The highest BCUT2D eigenvalue weighted by molar-refractivity contribution is 5.97. The largest absolute Gasteiger partial charge is 0.508 e. The van der Waals surface area contributed by atoms with Crippen LogP contribution in [0.5, 0.6) is 11.5 Å². The van der Waals surface area contributed by atoms with Crippen LogP contribution in [0.1, 0.15) is 21.5 Å². The molecule has 0 aliphatic rings. The zero-order chi connectivity index (χ0) is 14.5. The van der Waals surface area contributed by atoms with E-state index in [0.717, 1.165) is 5.56 Å². The first-order valence-electron chi connectivity index (χ1n) is 6.34. The number of phenols is 2. The van der Waals surface area contributed by atoms with Gasteiger partial charge in [-0.15, -0.1) is 6.58 Å². The van der Waals surface area contributed by atoms with Gasteiger partial charge in [0.05, 0.1) is 0 Å². The van der Waals surface area contributed by atoms with E-state index >= 15 is 0 Å². The molecule has 0 aromatic heterocycles. The third-order valence-corrected chi connectivity index (χ3v) is 3.07. The van der Waals surface area contributed by atoms with Crippen molar-refractivity contribution in [2.75, 3.05) is 0 Å². The molecule has 2 rings (SSSR count). The van der Waals surface area contributed by atoms with Gasteiger partial charge in [0.25, 0.3) is 0 Å². The van der Waals surface area contributed by atoms with E-state index < -0.39 is 0 Å². The van der Waals surface area contributed by atoms with Crippen LogP contribution >= 0.6 is 0 Å². The molecule has 0 unspecified atom stereocenters. The quantitative estimate of drug-likeness (QED) is 0.646. The topological polar surface area (TPSA) is 57.5 Å². The molecule has 0 saturated carbocycles. The molecule has 0 heterocycles. The van der Waals surface area contributed by atoms with Crippen molar-refractivity contribution in [2.24, 2.45) is 0 Å². The molecule has 102 valence electrons. The highest BCUT2D eigenvalue weighted by atomic mass is 16.3. The highest BCUT2D eigenvalue weighted by Gasteiger charge is 2.10. The van der Waals surface area contributed by atoms with Crippen molar-refractivity contribution in [2.45, 2.75) is 12.8 Å². The molecule has 2 aromatic carbocycles. The Kier molecular flexibility index (Phi) is 4.20. The zero-order valence-corrected chi connectivity index (χ0v) is 11.0. The second-order valence-corrected chi connectivity index (χ2v) is 4.60. The lowest BCUT2D eigenvalue weighted by Crippen LogP contribution is -2.04. The van der Waals surface area contributed by atoms with Crippen LogP contribution in [0, 0.1) is 0 Å². The van der Waals surface area contributed by atoms with Crippen LogP contribution in [0.2, 0.25) is 0 Å². The van der Waals surface area contributed by atoms with E-state index in [1.54, 1.807) is 42.5 Å². The number of phenolic OH excluding ortho intramolecular Hbond substituents is 2. The summed E-state index contributed by atoms with van der Waals surface area (Å²) >= 11 is 0. The molecule has 0 aliphatic heterocycles. The second kappa shape index (κ2) is 6.06. The van der Waals surface area contributed by atoms with Crippen LogP contribution in [-0.4, -0.2) is 16.0 Å². The number of allylic oxidation sites excluding steroid dienone is 1. The molecule has 0 fully saturated rings. The van der Waals surface area contributed by atoms with E-state index in [1.165, 1.54) is 6.07 Å². The molecule has 3 nitrogen and oxygen atoms in total. The summed E-state index contributed by atoms with van der Waals surface area (Å²) in [7, 11) is 0. The SMILES string of the molecule is C=CCc1cc(C(=O)Cc2ccc(O)cc2)ccc1O. The monoisotopic (exact) mass is 268 g/mol. The van der Waals surface area contributed by atoms with Gasteiger partial charge >= 0.3 is 0 Å². The predicted octanol–water partition coefficient (Wildman–Crippen LogP) is 3.25. The van der Waals surface area contributed by atoms with Crippen LogP contribution in [0.15, 0.2) is 55.1 Å². The minimum Gasteiger partial charge on any atom is -0.508 e. The molecule has 0 spiro atoms. The number of Topliss-reactive ketones (excluding diaryl/α,β-unsaturated/α-hetero) is 1. The van der Waals surface area contributed by atoms with Gasteiger partial charge < -0.3 is 10.2 Å². The Bertz CT molecular complexity index is 627. The van der Waals surface area contributed by atoms with Gasteiger partial charge in [-0.05, 0) is 47.9 Å². The number of rotatable bonds is 5. The van der Waals surface area contributed by atoms with Gasteiger partial charge in [-0.3, -0.25) is 4.79 Å². The van der Waals surface area contributed by atoms with E-state index in [4.69, 9.17) is 0 Å². The molecule has 0 saturated heterocycles.